The summed E-state index contributed by atoms with van der Waals surface area (Å²) in [5.74, 6) is 0. The van der Waals surface area contributed by atoms with Crippen molar-refractivity contribution in [3.05, 3.63) is 162 Å². The fourth-order valence-electron chi connectivity index (χ4n) is 9.44. The fourth-order valence-corrected chi connectivity index (χ4v) is 10.5. The van der Waals surface area contributed by atoms with Gasteiger partial charge in [0.05, 0.1) is 0 Å². The van der Waals surface area contributed by atoms with Crippen molar-refractivity contribution in [3.63, 3.8) is 0 Å². The summed E-state index contributed by atoms with van der Waals surface area (Å²) in [6.45, 7) is 23.2. The average molecular weight is 785 g/mol. The molecule has 2 aliphatic heterocycles. The highest BCUT2D eigenvalue weighted by Crippen LogP contribution is 2.46. The Bertz CT molecular complexity index is 2950. The van der Waals surface area contributed by atoms with Crippen molar-refractivity contribution in [2.45, 2.75) is 85.5 Å². The van der Waals surface area contributed by atoms with Crippen molar-refractivity contribution < 1.29 is 0 Å². The van der Waals surface area contributed by atoms with Gasteiger partial charge in [-0.15, -0.1) is 11.3 Å². The van der Waals surface area contributed by atoms with Gasteiger partial charge in [-0.2, -0.15) is 0 Å². The second-order valence-electron chi connectivity index (χ2n) is 20.0. The maximum absolute atomic E-state index is 2.56. The molecule has 10 rings (SSSR count). The van der Waals surface area contributed by atoms with E-state index in [4.69, 9.17) is 0 Å². The molecule has 0 aliphatic carbocycles. The minimum absolute atomic E-state index is 0.00697. The molecule has 0 unspecified atom stereocenters. The average Bonchev–Trinajstić information content (AvgIpc) is 3.57. The van der Waals surface area contributed by atoms with Crippen molar-refractivity contribution in [3.8, 4) is 11.1 Å². The van der Waals surface area contributed by atoms with Crippen LogP contribution in [0.2, 0.25) is 0 Å². The van der Waals surface area contributed by atoms with Crippen molar-refractivity contribution in [1.29, 1.82) is 0 Å². The quantitative estimate of drug-likeness (QED) is 0.165. The number of benzene rings is 7. The van der Waals surface area contributed by atoms with E-state index >= 15 is 0 Å². The third kappa shape index (κ3) is 6.22. The zero-order chi connectivity index (χ0) is 41.2. The molecule has 0 saturated heterocycles. The Hall–Kier alpha value is -5.58. The lowest BCUT2D eigenvalue weighted by Crippen LogP contribution is -2.61. The molecule has 0 N–H and O–H groups in total. The van der Waals surface area contributed by atoms with Gasteiger partial charge in [0.15, 0.2) is 0 Å². The Kier molecular flexibility index (Phi) is 8.44. The zero-order valence-electron chi connectivity index (χ0n) is 36.2. The summed E-state index contributed by atoms with van der Waals surface area (Å²) in [7, 11) is 0. The number of rotatable bonds is 3. The number of anilines is 6. The largest absolute Gasteiger partial charge is 0.311 e. The van der Waals surface area contributed by atoms with Crippen LogP contribution in [0.4, 0.5) is 34.1 Å². The second-order valence-corrected chi connectivity index (χ2v) is 21.1. The molecule has 59 heavy (non-hydrogen) atoms. The minimum Gasteiger partial charge on any atom is -0.311 e. The van der Waals surface area contributed by atoms with Crippen molar-refractivity contribution >= 4 is 88.7 Å². The van der Waals surface area contributed by atoms with Crippen LogP contribution in [0.1, 0.15) is 84.6 Å². The third-order valence-electron chi connectivity index (χ3n) is 12.8. The smallest absolute Gasteiger partial charge is 0.252 e. The molecule has 4 heteroatoms. The summed E-state index contributed by atoms with van der Waals surface area (Å²) >= 11 is 1.87. The van der Waals surface area contributed by atoms with E-state index in [1.165, 1.54) is 104 Å². The highest BCUT2D eigenvalue weighted by molar-refractivity contribution is 7.25. The van der Waals surface area contributed by atoms with Gasteiger partial charge in [0, 0.05) is 54.3 Å². The summed E-state index contributed by atoms with van der Waals surface area (Å²) in [5, 5.41) is 2.66. The molecular formula is C55H53BN2S. The summed E-state index contributed by atoms with van der Waals surface area (Å²) in [6.07, 6.45) is 0. The van der Waals surface area contributed by atoms with Crippen LogP contribution < -0.4 is 26.2 Å². The van der Waals surface area contributed by atoms with E-state index in [0.717, 1.165) is 0 Å². The Morgan fingerprint density at radius 1 is 0.424 bits per heavy atom. The molecule has 0 bridgehead atoms. The number of hydrogen-bond acceptors (Lipinski definition) is 3. The minimum atomic E-state index is -0.00698. The van der Waals surface area contributed by atoms with E-state index in [9.17, 15) is 0 Å². The highest BCUT2D eigenvalue weighted by atomic mass is 32.1. The predicted octanol–water partition coefficient (Wildman–Crippen LogP) is 14.0. The number of aryl methyl sites for hydroxylation is 1. The normalized spacial score (nSPS) is 13.8. The Morgan fingerprint density at radius 2 is 0.966 bits per heavy atom. The number of hydrogen-bond donors (Lipinski definition) is 0. The van der Waals surface area contributed by atoms with Gasteiger partial charge in [-0.3, -0.25) is 0 Å². The van der Waals surface area contributed by atoms with Crippen LogP contribution in [0.25, 0.3) is 31.3 Å². The first kappa shape index (κ1) is 37.7. The first-order valence-electron chi connectivity index (χ1n) is 21.2. The van der Waals surface area contributed by atoms with Gasteiger partial charge < -0.3 is 9.80 Å². The fraction of sp³-hybridized carbons (Fsp3) is 0.236. The molecule has 3 heterocycles. The zero-order valence-corrected chi connectivity index (χ0v) is 37.0. The molecule has 0 spiro atoms. The lowest BCUT2D eigenvalue weighted by Gasteiger charge is -2.45. The molecule has 292 valence electrons. The van der Waals surface area contributed by atoms with Crippen LogP contribution in [0.3, 0.4) is 0 Å². The van der Waals surface area contributed by atoms with Crippen molar-refractivity contribution in [2.75, 3.05) is 9.80 Å². The van der Waals surface area contributed by atoms with Crippen molar-refractivity contribution in [2.24, 2.45) is 0 Å². The molecule has 0 atom stereocenters. The lowest BCUT2D eigenvalue weighted by atomic mass is 9.33. The van der Waals surface area contributed by atoms with Gasteiger partial charge >= 0.3 is 0 Å². The Morgan fingerprint density at radius 3 is 1.63 bits per heavy atom. The standard InChI is InChI=1S/C55H53BN2S/c1-34-29-48-52-49(30-34)58(40-22-15-35(16-23-40)36-17-28-51-43(31-36)42-13-11-12-14-50(42)59-51)47-33-39(55(8,9)10)20-26-44(47)56(52)45-32-38(54(5,6)7)21-27-46(45)57(48)41-24-18-37(19-25-41)53(2,3)4/h11-33H,1-10H3. The van der Waals surface area contributed by atoms with Gasteiger partial charge in [0.1, 0.15) is 0 Å². The third-order valence-corrected chi connectivity index (χ3v) is 13.9. The molecule has 0 saturated carbocycles. The molecule has 7 aromatic carbocycles. The Labute approximate surface area is 355 Å². The SMILES string of the molecule is Cc1cc2c3c(c1)N(c1ccc(-c4ccc5sc6ccccc6c5c4)cc1)c1cc(C(C)(C)C)ccc1B3c1cc(C(C)(C)C)ccc1N2c1ccc(C(C)(C)C)cc1. The van der Waals surface area contributed by atoms with E-state index in [-0.39, 0.29) is 23.0 Å². The van der Waals surface area contributed by atoms with Crippen LogP contribution in [0.5, 0.6) is 0 Å². The van der Waals surface area contributed by atoms with Crippen LogP contribution in [-0.4, -0.2) is 6.71 Å². The van der Waals surface area contributed by atoms with Gasteiger partial charge in [-0.05, 0) is 140 Å². The number of fused-ring (bicyclic) bond motifs is 7. The van der Waals surface area contributed by atoms with Crippen LogP contribution in [-0.2, 0) is 16.2 Å². The molecule has 0 fully saturated rings. The lowest BCUT2D eigenvalue weighted by molar-refractivity contribution is 0.590. The van der Waals surface area contributed by atoms with Crippen LogP contribution in [0.15, 0.2) is 140 Å². The summed E-state index contributed by atoms with van der Waals surface area (Å²) in [6, 6.07) is 53.8. The summed E-state index contributed by atoms with van der Waals surface area (Å²) in [5.41, 5.74) is 19.3. The van der Waals surface area contributed by atoms with E-state index in [1.54, 1.807) is 0 Å². The Balaban J connectivity index is 1.19. The molecule has 2 nitrogen and oxygen atoms in total. The van der Waals surface area contributed by atoms with E-state index in [1.807, 2.05) is 11.3 Å². The number of nitrogens with zero attached hydrogens (tertiary/aromatic N) is 2. The molecule has 2 aliphatic rings. The van der Waals surface area contributed by atoms with E-state index in [0.29, 0.717) is 0 Å². The molecule has 0 radical (unpaired) electrons. The highest BCUT2D eigenvalue weighted by Gasteiger charge is 2.44. The summed E-state index contributed by atoms with van der Waals surface area (Å²) < 4.78 is 2.67. The first-order chi connectivity index (χ1) is 28.0. The summed E-state index contributed by atoms with van der Waals surface area (Å²) in [4.78, 5) is 5.10. The van der Waals surface area contributed by atoms with Gasteiger partial charge in [-0.1, -0.05) is 135 Å². The molecular weight excluding hydrogens is 731 g/mol. The molecule has 0 amide bonds. The van der Waals surface area contributed by atoms with Gasteiger partial charge in [0.2, 0.25) is 0 Å². The number of thiophene rings is 1. The van der Waals surface area contributed by atoms with E-state index < -0.39 is 0 Å². The maximum atomic E-state index is 2.56. The van der Waals surface area contributed by atoms with Crippen molar-refractivity contribution in [1.82, 2.24) is 0 Å². The first-order valence-corrected chi connectivity index (χ1v) is 22.0. The topological polar surface area (TPSA) is 6.48 Å². The molecule has 1 aromatic heterocycles. The maximum Gasteiger partial charge on any atom is 0.252 e. The van der Waals surface area contributed by atoms with Gasteiger partial charge in [0.25, 0.3) is 6.71 Å². The van der Waals surface area contributed by atoms with Gasteiger partial charge in [-0.25, -0.2) is 0 Å². The second kappa shape index (κ2) is 13.2. The van der Waals surface area contributed by atoms with E-state index in [2.05, 4.69) is 219 Å². The predicted molar refractivity (Wildman–Crippen MR) is 260 cm³/mol. The van der Waals surface area contributed by atoms with Crippen LogP contribution >= 0.6 is 11.3 Å². The van der Waals surface area contributed by atoms with Crippen LogP contribution in [0, 0.1) is 6.92 Å². The molecule has 8 aromatic rings. The monoisotopic (exact) mass is 784 g/mol.